The lowest BCUT2D eigenvalue weighted by molar-refractivity contribution is 0.324. The van der Waals surface area contributed by atoms with Gasteiger partial charge in [0.1, 0.15) is 0 Å². The predicted octanol–water partition coefficient (Wildman–Crippen LogP) is 3.27. The van der Waals surface area contributed by atoms with E-state index in [1.165, 1.54) is 5.57 Å². The van der Waals surface area contributed by atoms with Crippen LogP contribution < -0.4 is 9.64 Å². The summed E-state index contributed by atoms with van der Waals surface area (Å²) in [5, 5.41) is 0. The van der Waals surface area contributed by atoms with E-state index in [2.05, 4.69) is 24.9 Å². The average Bonchev–Trinajstić information content (AvgIpc) is 2.34. The molecular formula is C14H22N2O. The largest absolute Gasteiger partial charge is 0.489 e. The second kappa shape index (κ2) is 6.94. The number of hydrogen-bond donors (Lipinski definition) is 0. The van der Waals surface area contributed by atoms with E-state index in [1.54, 1.807) is 6.20 Å². The predicted molar refractivity (Wildman–Crippen MR) is 72.7 cm³/mol. The van der Waals surface area contributed by atoms with Gasteiger partial charge in [-0.25, -0.2) is 4.98 Å². The summed E-state index contributed by atoms with van der Waals surface area (Å²) in [5.74, 6) is 1.73. The van der Waals surface area contributed by atoms with Gasteiger partial charge in [0.25, 0.3) is 0 Å². The topological polar surface area (TPSA) is 25.4 Å². The maximum absolute atomic E-state index is 5.74. The normalized spacial score (nSPS) is 11.4. The first-order valence-corrected chi connectivity index (χ1v) is 6.06. The van der Waals surface area contributed by atoms with Crippen molar-refractivity contribution in [3.63, 3.8) is 0 Å². The van der Waals surface area contributed by atoms with Crippen LogP contribution >= 0.6 is 0 Å². The maximum atomic E-state index is 5.74. The van der Waals surface area contributed by atoms with Crippen LogP contribution in [-0.4, -0.2) is 25.7 Å². The van der Waals surface area contributed by atoms with E-state index in [1.807, 2.05) is 31.1 Å². The van der Waals surface area contributed by atoms with Crippen molar-refractivity contribution in [2.24, 2.45) is 0 Å². The quantitative estimate of drug-likeness (QED) is 0.558. The van der Waals surface area contributed by atoms with E-state index in [9.17, 15) is 0 Å². The third kappa shape index (κ3) is 4.47. The first-order valence-electron chi connectivity index (χ1n) is 6.06. The Bertz CT molecular complexity index is 372. The highest BCUT2D eigenvalue weighted by Crippen LogP contribution is 2.23. The van der Waals surface area contributed by atoms with Crippen molar-refractivity contribution in [2.45, 2.75) is 26.7 Å². The second-order valence-corrected chi connectivity index (χ2v) is 4.26. The molecule has 0 N–H and O–H groups in total. The van der Waals surface area contributed by atoms with Gasteiger partial charge < -0.3 is 9.64 Å². The molecule has 1 rings (SSSR count). The summed E-state index contributed by atoms with van der Waals surface area (Å²) in [6.07, 6.45) is 6.06. The minimum Gasteiger partial charge on any atom is -0.489 e. The van der Waals surface area contributed by atoms with Crippen molar-refractivity contribution < 1.29 is 4.74 Å². The molecule has 0 spiro atoms. The van der Waals surface area contributed by atoms with Crippen molar-refractivity contribution >= 4 is 5.82 Å². The molecule has 0 atom stereocenters. The van der Waals surface area contributed by atoms with E-state index in [0.29, 0.717) is 6.61 Å². The number of nitrogens with zero attached hydrogens (tertiary/aromatic N) is 2. The highest BCUT2D eigenvalue weighted by molar-refractivity contribution is 5.50. The molecule has 3 nitrogen and oxygen atoms in total. The summed E-state index contributed by atoms with van der Waals surface area (Å²) in [7, 11) is 3.94. The zero-order valence-corrected chi connectivity index (χ0v) is 11.2. The fourth-order valence-electron chi connectivity index (χ4n) is 1.45. The maximum Gasteiger partial charge on any atom is 0.170 e. The van der Waals surface area contributed by atoms with E-state index in [4.69, 9.17) is 4.74 Å². The minimum absolute atomic E-state index is 0.698. The molecule has 0 saturated carbocycles. The lowest BCUT2D eigenvalue weighted by Crippen LogP contribution is -2.12. The van der Waals surface area contributed by atoms with Crippen LogP contribution in [0.25, 0.3) is 0 Å². The summed E-state index contributed by atoms with van der Waals surface area (Å²) >= 11 is 0. The smallest absolute Gasteiger partial charge is 0.170 e. The molecule has 94 valence electrons. The van der Waals surface area contributed by atoms with Crippen LogP contribution in [0.3, 0.4) is 0 Å². The van der Waals surface area contributed by atoms with E-state index >= 15 is 0 Å². The first kappa shape index (κ1) is 13.6. The molecule has 0 amide bonds. The molecule has 0 radical (unpaired) electrons. The Balaban J connectivity index is 2.52. The van der Waals surface area contributed by atoms with Gasteiger partial charge >= 0.3 is 0 Å². The number of hydrogen-bond acceptors (Lipinski definition) is 3. The van der Waals surface area contributed by atoms with Crippen LogP contribution in [0.2, 0.25) is 0 Å². The van der Waals surface area contributed by atoms with Crippen molar-refractivity contribution in [3.8, 4) is 5.75 Å². The Kier molecular flexibility index (Phi) is 5.53. The Hall–Kier alpha value is -1.51. The van der Waals surface area contributed by atoms with Crippen molar-refractivity contribution in [1.29, 1.82) is 0 Å². The van der Waals surface area contributed by atoms with Crippen molar-refractivity contribution in [1.82, 2.24) is 4.98 Å². The average molecular weight is 234 g/mol. The van der Waals surface area contributed by atoms with Gasteiger partial charge in [0.15, 0.2) is 11.6 Å². The SMILES string of the molecule is CC/C(C)=C/CCOc1cccnc1N(C)C. The molecule has 0 aromatic carbocycles. The van der Waals surface area contributed by atoms with Gasteiger partial charge in [0.05, 0.1) is 6.61 Å². The van der Waals surface area contributed by atoms with Crippen LogP contribution in [0.5, 0.6) is 5.75 Å². The molecule has 0 saturated heterocycles. The Morgan fingerprint density at radius 2 is 2.24 bits per heavy atom. The van der Waals surface area contributed by atoms with Crippen molar-refractivity contribution in [3.05, 3.63) is 30.0 Å². The van der Waals surface area contributed by atoms with Gasteiger partial charge in [-0.05, 0) is 31.9 Å². The van der Waals surface area contributed by atoms with E-state index in [-0.39, 0.29) is 0 Å². The molecule has 0 unspecified atom stereocenters. The summed E-state index contributed by atoms with van der Waals surface area (Å²) in [5.41, 5.74) is 1.41. The van der Waals surface area contributed by atoms with Gasteiger partial charge in [-0.15, -0.1) is 0 Å². The third-order valence-electron chi connectivity index (χ3n) is 2.60. The lowest BCUT2D eigenvalue weighted by Gasteiger charge is -2.15. The highest BCUT2D eigenvalue weighted by Gasteiger charge is 2.05. The Morgan fingerprint density at radius 3 is 2.88 bits per heavy atom. The summed E-state index contributed by atoms with van der Waals surface area (Å²) in [6.45, 7) is 5.01. The number of ether oxygens (including phenoxy) is 1. The molecule has 0 aliphatic carbocycles. The Labute approximate surface area is 104 Å². The van der Waals surface area contributed by atoms with Gasteiger partial charge in [-0.3, -0.25) is 0 Å². The molecule has 1 aromatic heterocycles. The fourth-order valence-corrected chi connectivity index (χ4v) is 1.45. The first-order chi connectivity index (χ1) is 8.15. The molecule has 0 aliphatic rings. The molecule has 1 heterocycles. The van der Waals surface area contributed by atoms with Crippen LogP contribution in [0.1, 0.15) is 26.7 Å². The molecule has 0 aliphatic heterocycles. The van der Waals surface area contributed by atoms with Crippen LogP contribution in [0, 0.1) is 0 Å². The number of allylic oxidation sites excluding steroid dienone is 1. The number of rotatable bonds is 6. The summed E-state index contributed by atoms with van der Waals surface area (Å²) in [6, 6.07) is 3.86. The molecule has 1 aromatic rings. The van der Waals surface area contributed by atoms with Gasteiger partial charge in [-0.1, -0.05) is 18.6 Å². The summed E-state index contributed by atoms with van der Waals surface area (Å²) in [4.78, 5) is 6.25. The number of pyridine rings is 1. The zero-order chi connectivity index (χ0) is 12.7. The summed E-state index contributed by atoms with van der Waals surface area (Å²) < 4.78 is 5.74. The zero-order valence-electron chi connectivity index (χ0n) is 11.2. The van der Waals surface area contributed by atoms with E-state index in [0.717, 1.165) is 24.4 Å². The molecule has 3 heteroatoms. The minimum atomic E-state index is 0.698. The second-order valence-electron chi connectivity index (χ2n) is 4.26. The monoisotopic (exact) mass is 234 g/mol. The van der Waals surface area contributed by atoms with Gasteiger partial charge in [0, 0.05) is 20.3 Å². The van der Waals surface area contributed by atoms with E-state index < -0.39 is 0 Å². The van der Waals surface area contributed by atoms with Crippen molar-refractivity contribution in [2.75, 3.05) is 25.6 Å². The Morgan fingerprint density at radius 1 is 1.47 bits per heavy atom. The fraction of sp³-hybridized carbons (Fsp3) is 0.500. The number of anilines is 1. The standard InChI is InChI=1S/C14H22N2O/c1-5-12(2)8-7-11-17-13-9-6-10-15-14(13)16(3)4/h6,8-10H,5,7,11H2,1-4H3/b12-8+. The van der Waals surface area contributed by atoms with Crippen LogP contribution in [0.15, 0.2) is 30.0 Å². The lowest BCUT2D eigenvalue weighted by atomic mass is 10.2. The van der Waals surface area contributed by atoms with Crippen LogP contribution in [-0.2, 0) is 0 Å². The number of aromatic nitrogens is 1. The van der Waals surface area contributed by atoms with Gasteiger partial charge in [-0.2, -0.15) is 0 Å². The third-order valence-corrected chi connectivity index (χ3v) is 2.60. The van der Waals surface area contributed by atoms with Gasteiger partial charge in [0.2, 0.25) is 0 Å². The molecule has 0 fully saturated rings. The highest BCUT2D eigenvalue weighted by atomic mass is 16.5. The molecular weight excluding hydrogens is 212 g/mol. The molecule has 17 heavy (non-hydrogen) atoms. The molecule has 0 bridgehead atoms. The van der Waals surface area contributed by atoms with Crippen LogP contribution in [0.4, 0.5) is 5.82 Å².